The van der Waals surface area contributed by atoms with Gasteiger partial charge in [0.25, 0.3) is 5.91 Å². The van der Waals surface area contributed by atoms with Crippen molar-refractivity contribution in [3.8, 4) is 0 Å². The van der Waals surface area contributed by atoms with Gasteiger partial charge in [0.2, 0.25) is 0 Å². The lowest BCUT2D eigenvalue weighted by Gasteiger charge is -2.08. The van der Waals surface area contributed by atoms with Crippen molar-refractivity contribution in [2.45, 2.75) is 13.5 Å². The largest absolute Gasteiger partial charge is 0.398 e. The topological polar surface area (TPSA) is 55.1 Å². The molecular weight excluding hydrogens is 323 g/mol. The lowest BCUT2D eigenvalue weighted by molar-refractivity contribution is 0.0950. The maximum atomic E-state index is 13.5. The molecule has 3 N–H and O–H groups in total. The summed E-state index contributed by atoms with van der Waals surface area (Å²) in [7, 11) is 0. The number of aryl methyl sites for hydroxylation is 1. The molecule has 0 aromatic heterocycles. The first kappa shape index (κ1) is 14.5. The summed E-state index contributed by atoms with van der Waals surface area (Å²) in [5.74, 6) is -0.631. The van der Waals surface area contributed by atoms with E-state index in [0.29, 0.717) is 16.8 Å². The number of halogens is 2. The van der Waals surface area contributed by atoms with Gasteiger partial charge in [-0.15, -0.1) is 0 Å². The number of nitrogen functional groups attached to an aromatic ring is 1. The second-order valence-corrected chi connectivity index (χ2v) is 5.41. The summed E-state index contributed by atoms with van der Waals surface area (Å²) < 4.78 is 14.3. The minimum Gasteiger partial charge on any atom is -0.398 e. The molecule has 104 valence electrons. The molecule has 0 aliphatic heterocycles. The van der Waals surface area contributed by atoms with Crippen LogP contribution in [0, 0.1) is 12.7 Å². The molecule has 0 radical (unpaired) electrons. The summed E-state index contributed by atoms with van der Waals surface area (Å²) >= 11 is 3.27. The zero-order chi connectivity index (χ0) is 14.7. The van der Waals surface area contributed by atoms with Gasteiger partial charge in [-0.05, 0) is 42.8 Å². The number of hydrogen-bond acceptors (Lipinski definition) is 2. The molecule has 3 nitrogen and oxygen atoms in total. The maximum absolute atomic E-state index is 13.5. The van der Waals surface area contributed by atoms with Crippen LogP contribution in [-0.4, -0.2) is 5.91 Å². The molecule has 2 rings (SSSR count). The summed E-state index contributed by atoms with van der Waals surface area (Å²) in [5, 5.41) is 2.67. The summed E-state index contributed by atoms with van der Waals surface area (Å²) in [6.07, 6.45) is 0. The third-order valence-electron chi connectivity index (χ3n) is 2.99. The van der Waals surface area contributed by atoms with Crippen molar-refractivity contribution in [1.82, 2.24) is 5.32 Å². The zero-order valence-corrected chi connectivity index (χ0v) is 12.5. The van der Waals surface area contributed by atoms with Gasteiger partial charge in [0.1, 0.15) is 5.82 Å². The first-order valence-electron chi connectivity index (χ1n) is 6.05. The molecule has 2 aromatic carbocycles. The van der Waals surface area contributed by atoms with Gasteiger partial charge in [-0.3, -0.25) is 4.79 Å². The van der Waals surface area contributed by atoms with Crippen molar-refractivity contribution in [1.29, 1.82) is 0 Å². The first-order chi connectivity index (χ1) is 9.47. The molecule has 0 atom stereocenters. The average Bonchev–Trinajstić information content (AvgIpc) is 2.42. The van der Waals surface area contributed by atoms with Gasteiger partial charge in [-0.2, -0.15) is 0 Å². The summed E-state index contributed by atoms with van der Waals surface area (Å²) in [6.45, 7) is 1.99. The van der Waals surface area contributed by atoms with Crippen LogP contribution < -0.4 is 11.1 Å². The quantitative estimate of drug-likeness (QED) is 0.844. The van der Waals surface area contributed by atoms with E-state index in [2.05, 4.69) is 21.2 Å². The third-order valence-corrected chi connectivity index (χ3v) is 3.48. The second kappa shape index (κ2) is 6.05. The number of carbonyl (C=O) groups excluding carboxylic acids is 1. The molecule has 0 heterocycles. The van der Waals surface area contributed by atoms with E-state index in [4.69, 9.17) is 5.73 Å². The van der Waals surface area contributed by atoms with Crippen LogP contribution in [0.15, 0.2) is 40.9 Å². The Balaban J connectivity index is 2.08. The molecule has 0 aliphatic carbocycles. The second-order valence-electron chi connectivity index (χ2n) is 4.49. The van der Waals surface area contributed by atoms with Crippen LogP contribution in [0.5, 0.6) is 0 Å². The van der Waals surface area contributed by atoms with E-state index >= 15 is 0 Å². The first-order valence-corrected chi connectivity index (χ1v) is 6.85. The Morgan fingerprint density at radius 2 is 2.05 bits per heavy atom. The number of hydrogen-bond donors (Lipinski definition) is 2. The minimum atomic E-state index is -0.350. The Labute approximate surface area is 125 Å². The summed E-state index contributed by atoms with van der Waals surface area (Å²) in [5.41, 5.74) is 8.13. The highest BCUT2D eigenvalue weighted by Crippen LogP contribution is 2.16. The fraction of sp³-hybridized carbons (Fsp3) is 0.133. The Bertz CT molecular complexity index is 658. The van der Waals surface area contributed by atoms with Crippen molar-refractivity contribution in [2.75, 3.05) is 5.73 Å². The Kier molecular flexibility index (Phi) is 4.39. The van der Waals surface area contributed by atoms with Gasteiger partial charge in [0, 0.05) is 27.8 Å². The Morgan fingerprint density at radius 1 is 1.30 bits per heavy atom. The summed E-state index contributed by atoms with van der Waals surface area (Å²) in [4.78, 5) is 12.0. The molecule has 0 unspecified atom stereocenters. The molecule has 2 aromatic rings. The van der Waals surface area contributed by atoms with E-state index in [1.807, 2.05) is 6.92 Å². The number of rotatable bonds is 3. The number of anilines is 1. The van der Waals surface area contributed by atoms with Crippen LogP contribution in [0.25, 0.3) is 0 Å². The minimum absolute atomic E-state index is 0.123. The molecular formula is C15H14BrFN2O. The fourth-order valence-corrected chi connectivity index (χ4v) is 2.15. The van der Waals surface area contributed by atoms with E-state index in [0.717, 1.165) is 10.0 Å². The molecule has 5 heteroatoms. The monoisotopic (exact) mass is 336 g/mol. The van der Waals surface area contributed by atoms with E-state index in [9.17, 15) is 9.18 Å². The van der Waals surface area contributed by atoms with Gasteiger partial charge < -0.3 is 11.1 Å². The number of carbonyl (C=O) groups is 1. The molecule has 1 amide bonds. The zero-order valence-electron chi connectivity index (χ0n) is 10.9. The van der Waals surface area contributed by atoms with Crippen LogP contribution >= 0.6 is 15.9 Å². The molecule has 0 aliphatic rings. The molecule has 0 spiro atoms. The molecule has 0 saturated heterocycles. The third kappa shape index (κ3) is 3.36. The lowest BCUT2D eigenvalue weighted by atomic mass is 10.1. The molecule has 0 fully saturated rings. The van der Waals surface area contributed by atoms with E-state index in [1.165, 1.54) is 6.07 Å². The van der Waals surface area contributed by atoms with E-state index < -0.39 is 0 Å². The lowest BCUT2D eigenvalue weighted by Crippen LogP contribution is -2.23. The van der Waals surface area contributed by atoms with Gasteiger partial charge >= 0.3 is 0 Å². The van der Waals surface area contributed by atoms with Crippen LogP contribution in [-0.2, 0) is 6.54 Å². The molecule has 20 heavy (non-hydrogen) atoms. The van der Waals surface area contributed by atoms with E-state index in [-0.39, 0.29) is 18.3 Å². The average molecular weight is 337 g/mol. The highest BCUT2D eigenvalue weighted by molar-refractivity contribution is 9.10. The van der Waals surface area contributed by atoms with Crippen LogP contribution in [0.3, 0.4) is 0 Å². The predicted octanol–water partition coefficient (Wildman–Crippen LogP) is 3.41. The maximum Gasteiger partial charge on any atom is 0.251 e. The highest BCUT2D eigenvalue weighted by atomic mass is 79.9. The summed E-state index contributed by atoms with van der Waals surface area (Å²) in [6, 6.07) is 9.69. The molecule has 0 bridgehead atoms. The van der Waals surface area contributed by atoms with Crippen molar-refractivity contribution in [3.05, 3.63) is 63.4 Å². The Morgan fingerprint density at radius 3 is 2.75 bits per heavy atom. The van der Waals surface area contributed by atoms with Gasteiger partial charge in [0.05, 0.1) is 0 Å². The SMILES string of the molecule is Cc1ccc(C(=O)NCc2cc(Br)ccc2F)cc1N. The standard InChI is InChI=1S/C15H14BrFN2O/c1-9-2-3-10(7-14(9)18)15(20)19-8-11-6-12(16)4-5-13(11)17/h2-7H,8,18H2,1H3,(H,19,20). The van der Waals surface area contributed by atoms with Crippen molar-refractivity contribution < 1.29 is 9.18 Å². The number of amides is 1. The smallest absolute Gasteiger partial charge is 0.251 e. The molecule has 0 saturated carbocycles. The van der Waals surface area contributed by atoms with E-state index in [1.54, 1.807) is 30.3 Å². The van der Waals surface area contributed by atoms with Gasteiger partial charge in [-0.25, -0.2) is 4.39 Å². The Hall–Kier alpha value is -1.88. The normalized spacial score (nSPS) is 10.3. The van der Waals surface area contributed by atoms with Crippen LogP contribution in [0.1, 0.15) is 21.5 Å². The van der Waals surface area contributed by atoms with Crippen molar-refractivity contribution in [3.63, 3.8) is 0 Å². The van der Waals surface area contributed by atoms with Crippen LogP contribution in [0.4, 0.5) is 10.1 Å². The fourth-order valence-electron chi connectivity index (χ4n) is 1.74. The van der Waals surface area contributed by atoms with Gasteiger partial charge in [-0.1, -0.05) is 22.0 Å². The van der Waals surface area contributed by atoms with Crippen molar-refractivity contribution in [2.24, 2.45) is 0 Å². The highest BCUT2D eigenvalue weighted by Gasteiger charge is 2.09. The predicted molar refractivity (Wildman–Crippen MR) is 80.9 cm³/mol. The van der Waals surface area contributed by atoms with Crippen molar-refractivity contribution >= 4 is 27.5 Å². The number of nitrogens with one attached hydrogen (secondary N) is 1. The van der Waals surface area contributed by atoms with Gasteiger partial charge in [0.15, 0.2) is 0 Å². The van der Waals surface area contributed by atoms with Crippen LogP contribution in [0.2, 0.25) is 0 Å². The number of nitrogens with two attached hydrogens (primary N) is 1. The number of benzene rings is 2.